The van der Waals surface area contributed by atoms with Crippen LogP contribution in [0.25, 0.3) is 0 Å². The van der Waals surface area contributed by atoms with Crippen molar-refractivity contribution in [1.82, 2.24) is 10.2 Å². The number of hydrogen-bond acceptors (Lipinski definition) is 6. The fourth-order valence-corrected chi connectivity index (χ4v) is 4.19. The Morgan fingerprint density at radius 3 is 2.37 bits per heavy atom. The van der Waals surface area contributed by atoms with Crippen molar-refractivity contribution < 1.29 is 14.5 Å². The molecule has 3 aromatic rings. The van der Waals surface area contributed by atoms with Crippen molar-refractivity contribution in [3.8, 4) is 5.75 Å². The first-order chi connectivity index (χ1) is 16.9. The lowest BCUT2D eigenvalue weighted by molar-refractivity contribution is -0.384. The number of benzene rings is 3. The van der Waals surface area contributed by atoms with Crippen LogP contribution in [-0.2, 0) is 6.61 Å². The van der Waals surface area contributed by atoms with E-state index in [1.54, 1.807) is 36.4 Å². The van der Waals surface area contributed by atoms with E-state index in [4.69, 9.17) is 28.6 Å². The highest BCUT2D eigenvalue weighted by atomic mass is 35.5. The van der Waals surface area contributed by atoms with Gasteiger partial charge < -0.3 is 14.5 Å². The molecular weight excluding hydrogens is 488 g/mol. The third-order valence-electron chi connectivity index (χ3n) is 5.63. The van der Waals surface area contributed by atoms with E-state index in [0.717, 1.165) is 5.56 Å². The number of anilines is 1. The molecule has 1 aliphatic rings. The molecule has 3 aromatic carbocycles. The smallest absolute Gasteiger partial charge is 0.294 e. The number of nitrogens with one attached hydrogen (secondary N) is 1. The monoisotopic (exact) mass is 510 g/mol. The highest BCUT2D eigenvalue weighted by molar-refractivity contribution is 7.80. The van der Waals surface area contributed by atoms with Gasteiger partial charge in [0.25, 0.3) is 11.6 Å². The van der Waals surface area contributed by atoms with Crippen molar-refractivity contribution in [2.24, 2.45) is 0 Å². The number of carbonyl (C=O) groups excluding carboxylic acids is 1. The first kappa shape index (κ1) is 24.4. The summed E-state index contributed by atoms with van der Waals surface area (Å²) in [7, 11) is 0. The van der Waals surface area contributed by atoms with E-state index in [2.05, 4.69) is 5.32 Å². The fourth-order valence-electron chi connectivity index (χ4n) is 3.75. The number of thiocarbonyl (C=S) groups is 1. The van der Waals surface area contributed by atoms with Gasteiger partial charge in [0.1, 0.15) is 18.0 Å². The van der Waals surface area contributed by atoms with Crippen LogP contribution in [0, 0.1) is 10.1 Å². The average Bonchev–Trinajstić information content (AvgIpc) is 2.88. The van der Waals surface area contributed by atoms with Crippen molar-refractivity contribution in [1.29, 1.82) is 0 Å². The maximum Gasteiger partial charge on any atom is 0.294 e. The summed E-state index contributed by atoms with van der Waals surface area (Å²) < 4.78 is 5.76. The summed E-state index contributed by atoms with van der Waals surface area (Å²) in [6.45, 7) is 2.52. The zero-order valence-electron chi connectivity index (χ0n) is 18.7. The van der Waals surface area contributed by atoms with E-state index in [1.165, 1.54) is 6.07 Å². The van der Waals surface area contributed by atoms with E-state index in [-0.39, 0.29) is 11.6 Å². The van der Waals surface area contributed by atoms with E-state index in [0.29, 0.717) is 59.9 Å². The van der Waals surface area contributed by atoms with E-state index in [9.17, 15) is 14.9 Å². The molecule has 0 aliphatic carbocycles. The zero-order chi connectivity index (χ0) is 24.8. The first-order valence-electron chi connectivity index (χ1n) is 11.0. The van der Waals surface area contributed by atoms with Gasteiger partial charge in [-0.3, -0.25) is 20.2 Å². The van der Waals surface area contributed by atoms with Gasteiger partial charge in [-0.25, -0.2) is 0 Å². The molecule has 0 bridgehead atoms. The van der Waals surface area contributed by atoms with Crippen LogP contribution in [0.5, 0.6) is 5.75 Å². The quantitative estimate of drug-likeness (QED) is 0.293. The van der Waals surface area contributed by atoms with Crippen LogP contribution < -0.4 is 15.0 Å². The van der Waals surface area contributed by atoms with Crippen molar-refractivity contribution in [3.05, 3.63) is 99.1 Å². The molecule has 180 valence electrons. The Hall–Kier alpha value is -3.69. The SMILES string of the molecule is O=C(NC(=S)N1CCN(c2ccc(Cl)cc2[N+](=O)[O-])CC1)c1ccc(OCc2ccccc2)cc1. The molecule has 0 spiro atoms. The molecule has 8 nitrogen and oxygen atoms in total. The number of hydrogen-bond donors (Lipinski definition) is 1. The van der Waals surface area contributed by atoms with Gasteiger partial charge in [0, 0.05) is 42.8 Å². The first-order valence-corrected chi connectivity index (χ1v) is 11.8. The van der Waals surface area contributed by atoms with Crippen LogP contribution in [0.1, 0.15) is 15.9 Å². The normalized spacial score (nSPS) is 13.3. The molecule has 1 amide bonds. The minimum absolute atomic E-state index is 0.0296. The average molecular weight is 511 g/mol. The van der Waals surface area contributed by atoms with Gasteiger partial charge in [-0.15, -0.1) is 0 Å². The summed E-state index contributed by atoms with van der Waals surface area (Å²) >= 11 is 11.4. The molecule has 1 fully saturated rings. The lowest BCUT2D eigenvalue weighted by Crippen LogP contribution is -2.52. The van der Waals surface area contributed by atoms with E-state index in [1.807, 2.05) is 40.1 Å². The van der Waals surface area contributed by atoms with Crippen molar-refractivity contribution in [2.75, 3.05) is 31.1 Å². The Bertz CT molecular complexity index is 1220. The minimum Gasteiger partial charge on any atom is -0.489 e. The molecule has 1 aliphatic heterocycles. The van der Waals surface area contributed by atoms with Gasteiger partial charge >= 0.3 is 0 Å². The minimum atomic E-state index is -0.434. The molecule has 0 atom stereocenters. The van der Waals surface area contributed by atoms with E-state index >= 15 is 0 Å². The molecule has 1 saturated heterocycles. The third kappa shape index (κ3) is 6.26. The Morgan fingerprint density at radius 1 is 1.03 bits per heavy atom. The summed E-state index contributed by atoms with van der Waals surface area (Å²) in [6, 6.07) is 21.4. The molecule has 4 rings (SSSR count). The number of rotatable bonds is 6. The molecule has 0 saturated carbocycles. The number of ether oxygens (including phenoxy) is 1. The summed E-state index contributed by atoms with van der Waals surface area (Å²) in [6.07, 6.45) is 0. The molecule has 0 aromatic heterocycles. The second-order valence-electron chi connectivity index (χ2n) is 7.92. The molecule has 1 heterocycles. The second-order valence-corrected chi connectivity index (χ2v) is 8.75. The van der Waals surface area contributed by atoms with Crippen LogP contribution in [-0.4, -0.2) is 47.0 Å². The molecular formula is C25H23ClN4O4S. The van der Waals surface area contributed by atoms with Gasteiger partial charge in [0.05, 0.1) is 4.92 Å². The number of carbonyl (C=O) groups is 1. The van der Waals surface area contributed by atoms with Crippen LogP contribution in [0.4, 0.5) is 11.4 Å². The van der Waals surface area contributed by atoms with E-state index < -0.39 is 4.92 Å². The van der Waals surface area contributed by atoms with Gasteiger partial charge in [0.2, 0.25) is 0 Å². The highest BCUT2D eigenvalue weighted by Gasteiger charge is 2.25. The van der Waals surface area contributed by atoms with Crippen LogP contribution >= 0.6 is 23.8 Å². The van der Waals surface area contributed by atoms with Crippen molar-refractivity contribution >= 4 is 46.2 Å². The number of nitro benzene ring substituents is 1. The Morgan fingerprint density at radius 2 is 1.71 bits per heavy atom. The predicted molar refractivity (Wildman–Crippen MR) is 139 cm³/mol. The molecule has 35 heavy (non-hydrogen) atoms. The fraction of sp³-hybridized carbons (Fsp3) is 0.200. The van der Waals surface area contributed by atoms with Crippen LogP contribution in [0.3, 0.4) is 0 Å². The summed E-state index contributed by atoms with van der Waals surface area (Å²) in [4.78, 5) is 27.4. The van der Waals surface area contributed by atoms with Crippen LogP contribution in [0.2, 0.25) is 5.02 Å². The summed E-state index contributed by atoms with van der Waals surface area (Å²) in [5.41, 5.74) is 2.02. The lowest BCUT2D eigenvalue weighted by Gasteiger charge is -2.37. The van der Waals surface area contributed by atoms with Gasteiger partial charge in [-0.1, -0.05) is 41.9 Å². The standard InChI is InChI=1S/C25H23ClN4O4S/c26-20-8-11-22(23(16-20)30(32)33)28-12-14-29(15-13-28)25(35)27-24(31)19-6-9-21(10-7-19)34-17-18-4-2-1-3-5-18/h1-11,16H,12-15,17H2,(H,27,31,35). The molecule has 10 heteroatoms. The number of nitrogens with zero attached hydrogens (tertiary/aromatic N) is 3. The second kappa shape index (κ2) is 11.2. The number of amides is 1. The third-order valence-corrected chi connectivity index (χ3v) is 6.22. The highest BCUT2D eigenvalue weighted by Crippen LogP contribution is 2.31. The summed E-state index contributed by atoms with van der Waals surface area (Å²) in [5.74, 6) is 0.362. The van der Waals surface area contributed by atoms with Crippen molar-refractivity contribution in [2.45, 2.75) is 6.61 Å². The Kier molecular flexibility index (Phi) is 7.79. The number of halogens is 1. The topological polar surface area (TPSA) is 88.0 Å². The Balaban J connectivity index is 1.29. The maximum atomic E-state index is 12.7. The van der Waals surface area contributed by atoms with Crippen LogP contribution in [0.15, 0.2) is 72.8 Å². The number of nitro groups is 1. The van der Waals surface area contributed by atoms with Gasteiger partial charge in [-0.2, -0.15) is 0 Å². The lowest BCUT2D eigenvalue weighted by atomic mass is 10.2. The largest absolute Gasteiger partial charge is 0.489 e. The van der Waals surface area contributed by atoms with Crippen molar-refractivity contribution in [3.63, 3.8) is 0 Å². The van der Waals surface area contributed by atoms with Gasteiger partial charge in [0.15, 0.2) is 5.11 Å². The number of piperazine rings is 1. The molecule has 1 N–H and O–H groups in total. The zero-order valence-corrected chi connectivity index (χ0v) is 20.3. The molecule has 0 unspecified atom stereocenters. The molecule has 0 radical (unpaired) electrons. The Labute approximate surface area is 213 Å². The predicted octanol–water partition coefficient (Wildman–Crippen LogP) is 4.66. The van der Waals surface area contributed by atoms with Gasteiger partial charge in [-0.05, 0) is 54.2 Å². The maximum absolute atomic E-state index is 12.7. The summed E-state index contributed by atoms with van der Waals surface area (Å²) in [5, 5.41) is 14.8.